The van der Waals surface area contributed by atoms with Gasteiger partial charge in [0, 0.05) is 11.1 Å². The summed E-state index contributed by atoms with van der Waals surface area (Å²) in [6, 6.07) is 4.74. The summed E-state index contributed by atoms with van der Waals surface area (Å²) in [5.41, 5.74) is 2.29. The summed E-state index contributed by atoms with van der Waals surface area (Å²) in [6.07, 6.45) is 2.54. The lowest BCUT2D eigenvalue weighted by Gasteiger charge is -2.35. The van der Waals surface area contributed by atoms with E-state index in [9.17, 15) is 0 Å². The minimum absolute atomic E-state index is 0.349. The first kappa shape index (κ1) is 13.7. The van der Waals surface area contributed by atoms with E-state index in [-0.39, 0.29) is 0 Å². The van der Waals surface area contributed by atoms with Crippen molar-refractivity contribution in [2.24, 2.45) is 0 Å². The van der Waals surface area contributed by atoms with E-state index in [2.05, 4.69) is 32.2 Å². The molecule has 0 bridgehead atoms. The molecule has 2 rings (SSSR count). The molecule has 2 nitrogen and oxygen atoms in total. The van der Waals surface area contributed by atoms with Crippen molar-refractivity contribution in [2.75, 3.05) is 7.05 Å². The van der Waals surface area contributed by atoms with Gasteiger partial charge >= 0.3 is 0 Å². The third-order valence-electron chi connectivity index (χ3n) is 3.71. The first-order valence-electron chi connectivity index (χ1n) is 6.65. The predicted octanol–water partition coefficient (Wildman–Crippen LogP) is 3.90. The average Bonchev–Trinajstić information content (AvgIpc) is 2.24. The molecule has 18 heavy (non-hydrogen) atoms. The lowest BCUT2D eigenvalue weighted by molar-refractivity contribution is 0.0877. The van der Waals surface area contributed by atoms with Crippen molar-refractivity contribution in [2.45, 2.75) is 51.7 Å². The fourth-order valence-electron chi connectivity index (χ4n) is 2.32. The van der Waals surface area contributed by atoms with Crippen LogP contribution in [0.15, 0.2) is 12.1 Å². The minimum Gasteiger partial charge on any atom is -0.490 e. The molecule has 0 aliphatic heterocycles. The molecular formula is C15H22ClNO. The van der Waals surface area contributed by atoms with Gasteiger partial charge in [0.15, 0.2) is 0 Å². The number of hydrogen-bond acceptors (Lipinski definition) is 2. The van der Waals surface area contributed by atoms with Crippen molar-refractivity contribution >= 4 is 11.6 Å². The number of nitrogens with one attached hydrogen (secondary N) is 1. The van der Waals surface area contributed by atoms with Gasteiger partial charge in [-0.05, 0) is 56.0 Å². The molecule has 0 atom stereocenters. The van der Waals surface area contributed by atoms with E-state index >= 15 is 0 Å². The Kier molecular flexibility index (Phi) is 4.18. The van der Waals surface area contributed by atoms with Crippen LogP contribution in [0, 0.1) is 6.92 Å². The third-order valence-corrected chi connectivity index (χ3v) is 4.04. The molecule has 0 spiro atoms. The number of ether oxygens (including phenoxy) is 1. The van der Waals surface area contributed by atoms with E-state index in [0.29, 0.717) is 18.1 Å². The number of aryl methyl sites for hydroxylation is 1. The molecule has 1 aliphatic rings. The summed E-state index contributed by atoms with van der Waals surface area (Å²) in [6.45, 7) is 6.36. The van der Waals surface area contributed by atoms with Gasteiger partial charge in [-0.1, -0.05) is 25.4 Å². The number of halogens is 1. The van der Waals surface area contributed by atoms with Crippen LogP contribution in [0.25, 0.3) is 0 Å². The van der Waals surface area contributed by atoms with Crippen LogP contribution in [0.3, 0.4) is 0 Å². The molecule has 1 saturated carbocycles. The third kappa shape index (κ3) is 2.81. The maximum atomic E-state index is 6.26. The highest BCUT2D eigenvalue weighted by molar-refractivity contribution is 6.31. The Morgan fingerprint density at radius 2 is 2.00 bits per heavy atom. The molecular weight excluding hydrogens is 246 g/mol. The second kappa shape index (κ2) is 5.50. The van der Waals surface area contributed by atoms with E-state index in [0.717, 1.165) is 29.2 Å². The molecule has 3 heteroatoms. The topological polar surface area (TPSA) is 21.3 Å². The number of benzene rings is 1. The summed E-state index contributed by atoms with van der Waals surface area (Å²) in [4.78, 5) is 0. The van der Waals surface area contributed by atoms with E-state index < -0.39 is 0 Å². The molecule has 1 aliphatic carbocycles. The van der Waals surface area contributed by atoms with Gasteiger partial charge in [0.25, 0.3) is 0 Å². The van der Waals surface area contributed by atoms with Crippen molar-refractivity contribution in [3.63, 3.8) is 0 Å². The zero-order chi connectivity index (χ0) is 13.3. The van der Waals surface area contributed by atoms with Gasteiger partial charge in [0.05, 0.1) is 0 Å². The molecule has 1 aromatic rings. The summed E-state index contributed by atoms with van der Waals surface area (Å²) in [5, 5.41) is 4.11. The molecule has 0 radical (unpaired) electrons. The fourth-order valence-corrected chi connectivity index (χ4v) is 2.75. The zero-order valence-electron chi connectivity index (χ0n) is 11.6. The first-order valence-corrected chi connectivity index (χ1v) is 7.03. The van der Waals surface area contributed by atoms with Crippen molar-refractivity contribution in [1.29, 1.82) is 0 Å². The summed E-state index contributed by atoms with van der Waals surface area (Å²) in [5.74, 6) is 1.41. The molecule has 0 heterocycles. The second-order valence-corrected chi connectivity index (χ2v) is 5.90. The van der Waals surface area contributed by atoms with Gasteiger partial charge < -0.3 is 10.1 Å². The molecule has 1 N–H and O–H groups in total. The van der Waals surface area contributed by atoms with Crippen LogP contribution in [-0.4, -0.2) is 19.2 Å². The Bertz CT molecular complexity index is 425. The molecule has 1 fully saturated rings. The Hall–Kier alpha value is -0.730. The molecule has 100 valence electrons. The van der Waals surface area contributed by atoms with Crippen LogP contribution in [0.2, 0.25) is 5.02 Å². The largest absolute Gasteiger partial charge is 0.490 e. The summed E-state index contributed by atoms with van der Waals surface area (Å²) >= 11 is 6.26. The van der Waals surface area contributed by atoms with E-state index in [1.807, 2.05) is 13.1 Å². The highest BCUT2D eigenvalue weighted by atomic mass is 35.5. The maximum Gasteiger partial charge on any atom is 0.123 e. The van der Waals surface area contributed by atoms with Crippen molar-refractivity contribution < 1.29 is 4.74 Å². The van der Waals surface area contributed by atoms with E-state index in [4.69, 9.17) is 16.3 Å². The normalized spacial score (nSPS) is 23.0. The molecule has 0 aromatic heterocycles. The van der Waals surface area contributed by atoms with Crippen LogP contribution in [0.4, 0.5) is 0 Å². The van der Waals surface area contributed by atoms with Gasteiger partial charge in [-0.25, -0.2) is 0 Å². The van der Waals surface area contributed by atoms with Crippen LogP contribution in [0.1, 0.15) is 43.7 Å². The van der Waals surface area contributed by atoms with E-state index in [1.165, 1.54) is 5.56 Å². The summed E-state index contributed by atoms with van der Waals surface area (Å²) in [7, 11) is 2.01. The minimum atomic E-state index is 0.349. The Morgan fingerprint density at radius 3 is 2.56 bits per heavy atom. The van der Waals surface area contributed by atoms with Gasteiger partial charge in [0.2, 0.25) is 0 Å². The Morgan fingerprint density at radius 1 is 1.33 bits per heavy atom. The monoisotopic (exact) mass is 267 g/mol. The molecule has 1 aromatic carbocycles. The maximum absolute atomic E-state index is 6.26. The molecule has 0 saturated heterocycles. The van der Waals surface area contributed by atoms with Gasteiger partial charge in [-0.15, -0.1) is 0 Å². The molecule has 0 unspecified atom stereocenters. The lowest BCUT2D eigenvalue weighted by atomic mass is 9.89. The van der Waals surface area contributed by atoms with Crippen molar-refractivity contribution in [1.82, 2.24) is 5.32 Å². The number of hydrogen-bond donors (Lipinski definition) is 1. The smallest absolute Gasteiger partial charge is 0.123 e. The number of rotatable bonds is 4. The van der Waals surface area contributed by atoms with Crippen LogP contribution < -0.4 is 10.1 Å². The zero-order valence-corrected chi connectivity index (χ0v) is 12.3. The highest BCUT2D eigenvalue weighted by Gasteiger charge is 2.29. The standard InChI is InChI=1S/C15H22ClNO/c1-9(2)13-8-15(10(3)5-14(13)16)18-12-6-11(7-12)17-4/h5,8-9,11-12,17H,6-7H2,1-4H3. The average molecular weight is 268 g/mol. The second-order valence-electron chi connectivity index (χ2n) is 5.49. The van der Waals surface area contributed by atoms with Crippen LogP contribution in [-0.2, 0) is 0 Å². The van der Waals surface area contributed by atoms with Crippen LogP contribution in [0.5, 0.6) is 5.75 Å². The van der Waals surface area contributed by atoms with Crippen LogP contribution >= 0.6 is 11.6 Å². The SMILES string of the molecule is CNC1CC(Oc2cc(C(C)C)c(Cl)cc2C)C1. The summed E-state index contributed by atoms with van der Waals surface area (Å²) < 4.78 is 6.06. The highest BCUT2D eigenvalue weighted by Crippen LogP contribution is 2.34. The Labute approximate surface area is 115 Å². The van der Waals surface area contributed by atoms with Crippen molar-refractivity contribution in [3.05, 3.63) is 28.3 Å². The van der Waals surface area contributed by atoms with Gasteiger partial charge in [-0.3, -0.25) is 0 Å². The lowest BCUT2D eigenvalue weighted by Crippen LogP contribution is -2.45. The van der Waals surface area contributed by atoms with E-state index in [1.54, 1.807) is 0 Å². The van der Waals surface area contributed by atoms with Gasteiger partial charge in [-0.2, -0.15) is 0 Å². The predicted molar refractivity (Wildman–Crippen MR) is 76.8 cm³/mol. The Balaban J connectivity index is 2.11. The first-order chi connectivity index (χ1) is 8.51. The fraction of sp³-hybridized carbons (Fsp3) is 0.600. The van der Waals surface area contributed by atoms with Crippen molar-refractivity contribution in [3.8, 4) is 5.75 Å². The quantitative estimate of drug-likeness (QED) is 0.893. The molecule has 0 amide bonds. The van der Waals surface area contributed by atoms with Gasteiger partial charge in [0.1, 0.15) is 11.9 Å².